The third kappa shape index (κ3) is 6.99. The van der Waals surface area contributed by atoms with E-state index in [1.165, 1.54) is 103 Å². The Morgan fingerprint density at radius 2 is 0.435 bits per heavy atom. The van der Waals surface area contributed by atoms with Gasteiger partial charge < -0.3 is 9.11 Å². The quantitative estimate of drug-likeness (QED) is 0.134. The van der Waals surface area contributed by atoms with Gasteiger partial charge in [0.15, 0.2) is 0 Å². The fourth-order valence-corrected chi connectivity index (χ4v) is 12.0. The average Bonchev–Trinajstić information content (AvgIpc) is 3.76. The third-order valence-corrected chi connectivity index (χ3v) is 13.8. The summed E-state index contributed by atoms with van der Waals surface area (Å²) in [5, 5.41) is 33.8. The van der Waals surface area contributed by atoms with Crippen LogP contribution in [0.15, 0.2) is 0 Å². The Hall–Kier alpha value is 0.0565. The topological polar surface area (TPSA) is 176 Å². The normalized spacial score (nSPS) is 51.3. The van der Waals surface area contributed by atoms with Gasteiger partial charge in [0.2, 0.25) is 0 Å². The largest absolute Gasteiger partial charge is 2.00 e. The summed E-state index contributed by atoms with van der Waals surface area (Å²) in [6.07, 6.45) is 25.6. The molecule has 5 heterocycles. The molecule has 8 N–H and O–H groups in total. The zero-order valence-electron chi connectivity index (χ0n) is 26.9. The van der Waals surface area contributed by atoms with Crippen LogP contribution in [0.2, 0.25) is 0 Å². The molecule has 0 spiro atoms. The van der Waals surface area contributed by atoms with E-state index in [1.807, 2.05) is 0 Å². The molecular formula is C32H56CoN8O4S. The van der Waals surface area contributed by atoms with Gasteiger partial charge in [-0.05, 0) is 98.7 Å². The van der Waals surface area contributed by atoms with Crippen LogP contribution in [-0.4, -0.2) is 66.8 Å². The maximum Gasteiger partial charge on any atom is 2.00 e. The van der Waals surface area contributed by atoms with Crippen molar-refractivity contribution in [2.45, 2.75) is 152 Å². The molecule has 9 aliphatic rings. The minimum Gasteiger partial charge on any atom is -0.759 e. The molecule has 14 heteroatoms. The first-order chi connectivity index (χ1) is 21.8. The van der Waals surface area contributed by atoms with Crippen molar-refractivity contribution in [3.8, 4) is 0 Å². The van der Waals surface area contributed by atoms with Gasteiger partial charge >= 0.3 is 16.8 Å². The van der Waals surface area contributed by atoms with Gasteiger partial charge in [-0.2, -0.15) is 0 Å². The Labute approximate surface area is 285 Å². The fourth-order valence-electron chi connectivity index (χ4n) is 12.0. The molecule has 0 aromatic rings. The van der Waals surface area contributed by atoms with Gasteiger partial charge in [-0.25, -0.2) is 0 Å². The zero-order chi connectivity index (χ0) is 30.7. The van der Waals surface area contributed by atoms with Crippen LogP contribution in [0.4, 0.5) is 0 Å². The number of rotatable bonds is 0. The summed E-state index contributed by atoms with van der Waals surface area (Å²) in [6, 6.07) is 0. The molecule has 0 amide bonds. The molecule has 8 unspecified atom stereocenters. The molecule has 4 aliphatic carbocycles. The second-order valence-corrected chi connectivity index (χ2v) is 16.8. The van der Waals surface area contributed by atoms with Crippen molar-refractivity contribution in [2.75, 3.05) is 0 Å². The molecule has 9 fully saturated rings. The second-order valence-electron chi connectivity index (χ2n) is 16.0. The molecule has 0 aromatic heterocycles. The molecule has 4 saturated carbocycles. The monoisotopic (exact) mass is 707 g/mol. The molecule has 5 saturated heterocycles. The Morgan fingerprint density at radius 3 is 0.543 bits per heavy atom. The molecule has 12 nitrogen and oxygen atoms in total. The van der Waals surface area contributed by atoms with E-state index in [4.69, 9.17) is 17.5 Å². The van der Waals surface area contributed by atoms with Crippen LogP contribution in [0.1, 0.15) is 103 Å². The van der Waals surface area contributed by atoms with E-state index in [0.29, 0.717) is 49.3 Å². The van der Waals surface area contributed by atoms with Crippen LogP contribution < -0.4 is 42.5 Å². The average molecular weight is 708 g/mol. The first-order valence-corrected chi connectivity index (χ1v) is 19.9. The molecule has 8 bridgehead atoms. The molecular weight excluding hydrogens is 651 g/mol. The first-order valence-electron chi connectivity index (χ1n) is 18.6. The van der Waals surface area contributed by atoms with Crippen LogP contribution in [-0.2, 0) is 27.2 Å². The third-order valence-electron chi connectivity index (χ3n) is 13.8. The zero-order valence-corrected chi connectivity index (χ0v) is 28.8. The fraction of sp³-hybridized carbons (Fsp3) is 1.00. The van der Waals surface area contributed by atoms with Crippen LogP contribution in [0, 0.1) is 47.3 Å². The van der Waals surface area contributed by atoms with E-state index in [1.54, 1.807) is 0 Å². The number of hydrogen-bond donors (Lipinski definition) is 8. The van der Waals surface area contributed by atoms with Crippen molar-refractivity contribution in [3.63, 3.8) is 0 Å². The molecule has 46 heavy (non-hydrogen) atoms. The van der Waals surface area contributed by atoms with E-state index in [0.717, 1.165) is 47.3 Å². The van der Waals surface area contributed by atoms with E-state index < -0.39 is 10.4 Å². The smallest absolute Gasteiger partial charge is 0.759 e. The van der Waals surface area contributed by atoms with Crippen molar-refractivity contribution in [3.05, 3.63) is 0 Å². The van der Waals surface area contributed by atoms with Gasteiger partial charge in [-0.1, -0.05) is 51.4 Å². The summed E-state index contributed by atoms with van der Waals surface area (Å²) in [5.74, 6) is 5.97. The minimum absolute atomic E-state index is 0. The first kappa shape index (κ1) is 34.5. The van der Waals surface area contributed by atoms with E-state index in [-0.39, 0.29) is 16.8 Å². The van der Waals surface area contributed by atoms with Gasteiger partial charge in [-0.3, -0.25) is 51.0 Å². The molecule has 1 radical (unpaired) electrons. The summed E-state index contributed by atoms with van der Waals surface area (Å²) < 4.78 is 34.1. The van der Waals surface area contributed by atoms with Crippen molar-refractivity contribution in [2.24, 2.45) is 47.3 Å². The van der Waals surface area contributed by atoms with Crippen LogP contribution in [0.3, 0.4) is 0 Å². The van der Waals surface area contributed by atoms with Gasteiger partial charge in [0.1, 0.15) is 0 Å². The Morgan fingerprint density at radius 1 is 0.326 bits per heavy atom. The molecule has 5 aliphatic heterocycles. The maximum absolute atomic E-state index is 8.52. The Balaban J connectivity index is 0.000000526. The Bertz CT molecular complexity index is 941. The summed E-state index contributed by atoms with van der Waals surface area (Å²) in [4.78, 5) is 0. The number of fused-ring (bicyclic) bond motifs is 20. The van der Waals surface area contributed by atoms with Crippen molar-refractivity contribution < 1.29 is 34.3 Å². The minimum atomic E-state index is -5.17. The number of nitrogens with one attached hydrogen (secondary N) is 8. The standard InChI is InChI=1S/C32H56N8.Co.H2O4S/c1-2-10-18-17(9-1)25-33-26(18)38-28-21-13-5-6-14-22(21)30(35-28)40-32-24-16-8-7-15-23(24)31(36-32)39-29-20-12-4-3-11-19(20)27(34-29)37-25;;1-5(2,3)4/h17-40H,1-16H2;;(H2,1,2,3,4)/q;+2;/p-2. The second kappa shape index (κ2) is 14.4. The molecule has 0 aromatic carbocycles. The van der Waals surface area contributed by atoms with Crippen molar-refractivity contribution >= 4 is 10.4 Å². The maximum atomic E-state index is 8.52. The van der Waals surface area contributed by atoms with E-state index >= 15 is 0 Å². The predicted octanol–water partition coefficient (Wildman–Crippen LogP) is 1.27. The summed E-state index contributed by atoms with van der Waals surface area (Å²) >= 11 is 0. The van der Waals surface area contributed by atoms with Crippen LogP contribution in [0.25, 0.3) is 0 Å². The summed E-state index contributed by atoms with van der Waals surface area (Å²) in [5.41, 5.74) is 0. The van der Waals surface area contributed by atoms with Gasteiger partial charge in [0, 0.05) is 10.4 Å². The molecule has 8 atom stereocenters. The number of hydrogen-bond acceptors (Lipinski definition) is 12. The molecule has 263 valence electrons. The van der Waals surface area contributed by atoms with E-state index in [9.17, 15) is 0 Å². The van der Waals surface area contributed by atoms with Gasteiger partial charge in [0.25, 0.3) is 0 Å². The summed E-state index contributed by atoms with van der Waals surface area (Å²) in [7, 11) is -5.17. The van der Waals surface area contributed by atoms with Crippen molar-refractivity contribution in [1.82, 2.24) is 42.5 Å². The van der Waals surface area contributed by atoms with Gasteiger partial charge in [-0.15, -0.1) is 0 Å². The molecule has 9 rings (SSSR count). The SMILES string of the molecule is C1CCC2C3NC(NC4NC(NC5NC(NC6NC(N3)C3CCCCC63)C3CCCCC53)C3CCCCC43)C2C1.O=S(=O)([O-])[O-].[Co+2]. The predicted molar refractivity (Wildman–Crippen MR) is 168 cm³/mol. The van der Waals surface area contributed by atoms with E-state index in [2.05, 4.69) is 42.5 Å². The Kier molecular flexibility index (Phi) is 10.8. The van der Waals surface area contributed by atoms with Gasteiger partial charge in [0.05, 0.1) is 49.3 Å². The van der Waals surface area contributed by atoms with Crippen molar-refractivity contribution in [1.29, 1.82) is 0 Å². The summed E-state index contributed by atoms with van der Waals surface area (Å²) in [6.45, 7) is 0. The van der Waals surface area contributed by atoms with Crippen LogP contribution in [0.5, 0.6) is 0 Å². The van der Waals surface area contributed by atoms with Crippen LogP contribution >= 0.6 is 0 Å².